The Hall–Kier alpha value is -2.49. The second-order valence-corrected chi connectivity index (χ2v) is 4.27. The monoisotopic (exact) mass is 348 g/mol. The molecule has 0 unspecified atom stereocenters. The molecule has 0 spiro atoms. The van der Waals surface area contributed by atoms with Crippen LogP contribution in [0.15, 0.2) is 30.3 Å². The average molecular weight is 348 g/mol. The smallest absolute Gasteiger partial charge is 0.300 e. The largest absolute Gasteiger partial charge is 0.481 e. The molecule has 1 aromatic rings. The van der Waals surface area contributed by atoms with Crippen molar-refractivity contribution in [2.75, 3.05) is 13.2 Å². The lowest BCUT2D eigenvalue weighted by atomic mass is 9.96. The van der Waals surface area contributed by atoms with Crippen molar-refractivity contribution < 1.29 is 45.0 Å². The third kappa shape index (κ3) is 21.8. The maximum Gasteiger partial charge on any atom is 0.300 e. The molecule has 0 saturated heterocycles. The molecule has 0 bridgehead atoms. The zero-order valence-electron chi connectivity index (χ0n) is 13.7. The molecule has 0 heterocycles. The summed E-state index contributed by atoms with van der Waals surface area (Å²) in [5, 5.41) is 49.5. The van der Waals surface area contributed by atoms with Gasteiger partial charge >= 0.3 is 0 Å². The Bertz CT molecular complexity index is 427. The Balaban J connectivity index is -0.000000304. The maximum atomic E-state index is 9.60. The van der Waals surface area contributed by atoms with Gasteiger partial charge in [-0.2, -0.15) is 0 Å². The summed E-state index contributed by atoms with van der Waals surface area (Å²) >= 11 is 0. The van der Waals surface area contributed by atoms with Crippen molar-refractivity contribution in [1.82, 2.24) is 0 Å². The molecule has 0 amide bonds. The second-order valence-electron chi connectivity index (χ2n) is 4.27. The molecule has 1 aromatic carbocycles. The van der Waals surface area contributed by atoms with E-state index in [-0.39, 0.29) is 0 Å². The summed E-state index contributed by atoms with van der Waals surface area (Å²) in [5.74, 6) is -2.50. The Morgan fingerprint density at radius 2 is 1.04 bits per heavy atom. The fourth-order valence-electron chi connectivity index (χ4n) is 0.981. The van der Waals surface area contributed by atoms with Gasteiger partial charge in [-0.1, -0.05) is 30.3 Å². The lowest BCUT2D eigenvalue weighted by Gasteiger charge is -2.23. The number of carboxylic acids is 3. The lowest BCUT2D eigenvalue weighted by Crippen LogP contribution is -2.34. The molecule has 138 valence electrons. The molecular weight excluding hydrogens is 324 g/mol. The van der Waals surface area contributed by atoms with Gasteiger partial charge < -0.3 is 30.6 Å². The van der Waals surface area contributed by atoms with Crippen molar-refractivity contribution in [1.29, 1.82) is 0 Å². The summed E-state index contributed by atoms with van der Waals surface area (Å²) < 4.78 is 0. The first-order valence-corrected chi connectivity index (χ1v) is 6.51. The van der Waals surface area contributed by atoms with Crippen LogP contribution in [0.25, 0.3) is 0 Å². The minimum Gasteiger partial charge on any atom is -0.481 e. The fraction of sp³-hybridized carbons (Fsp3) is 0.400. The molecule has 0 aliphatic rings. The number of hydrogen-bond acceptors (Lipinski definition) is 6. The first kappa shape index (κ1) is 26.4. The third-order valence-corrected chi connectivity index (χ3v) is 1.83. The summed E-state index contributed by atoms with van der Waals surface area (Å²) in [6.45, 7) is 2.29. The van der Waals surface area contributed by atoms with Gasteiger partial charge in [0.05, 0.1) is 13.2 Å². The first-order chi connectivity index (χ1) is 10.9. The molecule has 0 saturated carbocycles. The van der Waals surface area contributed by atoms with Crippen LogP contribution in [-0.4, -0.2) is 61.8 Å². The summed E-state index contributed by atoms with van der Waals surface area (Å²) in [6, 6.07) is 8.61. The lowest BCUT2D eigenvalue weighted by molar-refractivity contribution is -0.135. The number of aliphatic carboxylic acids is 3. The first-order valence-electron chi connectivity index (χ1n) is 6.51. The van der Waals surface area contributed by atoms with Crippen LogP contribution < -0.4 is 0 Å². The Kier molecular flexibility index (Phi) is 17.0. The van der Waals surface area contributed by atoms with Crippen molar-refractivity contribution in [2.24, 2.45) is 0 Å². The molecule has 0 fully saturated rings. The highest BCUT2D eigenvalue weighted by Gasteiger charge is 2.26. The van der Waals surface area contributed by atoms with E-state index in [0.717, 1.165) is 20.8 Å². The predicted molar refractivity (Wildman–Crippen MR) is 84.4 cm³/mol. The minimum atomic E-state index is -1.51. The van der Waals surface area contributed by atoms with Gasteiger partial charge in [-0.25, -0.2) is 0 Å². The van der Waals surface area contributed by atoms with E-state index >= 15 is 0 Å². The molecule has 24 heavy (non-hydrogen) atoms. The van der Waals surface area contributed by atoms with E-state index < -0.39 is 36.7 Å². The molecule has 0 atom stereocenters. The normalized spacial score (nSPS) is 8.92. The zero-order valence-corrected chi connectivity index (χ0v) is 13.7. The van der Waals surface area contributed by atoms with Crippen molar-refractivity contribution in [3.8, 4) is 0 Å². The third-order valence-electron chi connectivity index (χ3n) is 1.83. The van der Waals surface area contributed by atoms with Crippen LogP contribution >= 0.6 is 0 Å². The number of rotatable bonds is 3. The van der Waals surface area contributed by atoms with Crippen LogP contribution in [-0.2, 0) is 20.0 Å². The SMILES string of the molecule is CC(=O)O.CC(=O)O.CC(=O)O.OCC(O)(CO)c1ccccc1. The number of aliphatic hydroxyl groups excluding tert-OH is 2. The molecule has 1 rings (SSSR count). The average Bonchev–Trinajstić information content (AvgIpc) is 2.45. The minimum absolute atomic E-state index is 0.479. The Morgan fingerprint density at radius 3 is 1.25 bits per heavy atom. The molecule has 9 heteroatoms. The second kappa shape index (κ2) is 15.4. The quantitative estimate of drug-likeness (QED) is 0.444. The van der Waals surface area contributed by atoms with Crippen molar-refractivity contribution >= 4 is 17.9 Å². The maximum absolute atomic E-state index is 9.60. The van der Waals surface area contributed by atoms with E-state index in [1.54, 1.807) is 30.3 Å². The topological polar surface area (TPSA) is 173 Å². The van der Waals surface area contributed by atoms with Gasteiger partial charge in [0, 0.05) is 20.8 Å². The Labute approximate surface area is 139 Å². The fourth-order valence-corrected chi connectivity index (χ4v) is 0.981. The van der Waals surface area contributed by atoms with Gasteiger partial charge in [0.2, 0.25) is 0 Å². The van der Waals surface area contributed by atoms with Crippen molar-refractivity contribution in [3.05, 3.63) is 35.9 Å². The van der Waals surface area contributed by atoms with Gasteiger partial charge in [0.1, 0.15) is 5.60 Å². The number of carboxylic acid groups (broad SMARTS) is 3. The molecule has 0 aliphatic carbocycles. The number of carbonyl (C=O) groups is 3. The summed E-state index contributed by atoms with van der Waals surface area (Å²) in [6.07, 6.45) is 0. The highest BCUT2D eigenvalue weighted by atomic mass is 16.4. The molecule has 0 aromatic heterocycles. The van der Waals surface area contributed by atoms with Gasteiger partial charge in [-0.15, -0.1) is 0 Å². The number of benzene rings is 1. The molecule has 6 N–H and O–H groups in total. The predicted octanol–water partition coefficient (Wildman–Crippen LogP) is 0.132. The van der Waals surface area contributed by atoms with Crippen LogP contribution in [0.1, 0.15) is 26.3 Å². The van der Waals surface area contributed by atoms with E-state index in [4.69, 9.17) is 39.9 Å². The van der Waals surface area contributed by atoms with Gasteiger partial charge in [-0.3, -0.25) is 14.4 Å². The molecule has 0 aliphatic heterocycles. The highest BCUT2D eigenvalue weighted by molar-refractivity contribution is 5.63. The summed E-state index contributed by atoms with van der Waals surface area (Å²) in [7, 11) is 0. The van der Waals surface area contributed by atoms with Crippen LogP contribution in [0.5, 0.6) is 0 Å². The van der Waals surface area contributed by atoms with Crippen molar-refractivity contribution in [3.63, 3.8) is 0 Å². The van der Waals surface area contributed by atoms with Crippen LogP contribution in [0.3, 0.4) is 0 Å². The van der Waals surface area contributed by atoms with E-state index in [0.29, 0.717) is 5.56 Å². The molecular formula is C15H24O9. The van der Waals surface area contributed by atoms with Crippen LogP contribution in [0.4, 0.5) is 0 Å². The van der Waals surface area contributed by atoms with Crippen LogP contribution in [0.2, 0.25) is 0 Å². The van der Waals surface area contributed by atoms with Crippen LogP contribution in [0, 0.1) is 0 Å². The zero-order chi connectivity index (χ0) is 19.8. The standard InChI is InChI=1S/C9H12O3.3C2H4O2/c10-6-9(12,7-11)8-4-2-1-3-5-8;3*1-2(3)4/h1-5,10-12H,6-7H2;3*1H3,(H,3,4). The van der Waals surface area contributed by atoms with Gasteiger partial charge in [0.15, 0.2) is 0 Å². The van der Waals surface area contributed by atoms with E-state index in [1.165, 1.54) is 0 Å². The van der Waals surface area contributed by atoms with Gasteiger partial charge in [0.25, 0.3) is 17.9 Å². The number of aliphatic hydroxyl groups is 3. The van der Waals surface area contributed by atoms with E-state index in [9.17, 15) is 5.11 Å². The summed E-state index contributed by atoms with van der Waals surface area (Å²) in [5.41, 5.74) is -0.989. The molecule has 9 nitrogen and oxygen atoms in total. The summed E-state index contributed by atoms with van der Waals surface area (Å²) in [4.78, 5) is 27.0. The number of hydrogen-bond donors (Lipinski definition) is 6. The van der Waals surface area contributed by atoms with E-state index in [1.807, 2.05) is 0 Å². The van der Waals surface area contributed by atoms with E-state index in [2.05, 4.69) is 0 Å². The van der Waals surface area contributed by atoms with Gasteiger partial charge in [-0.05, 0) is 5.56 Å². The van der Waals surface area contributed by atoms with Crippen molar-refractivity contribution in [2.45, 2.75) is 26.4 Å². The Morgan fingerprint density at radius 1 is 0.792 bits per heavy atom. The highest BCUT2D eigenvalue weighted by Crippen LogP contribution is 2.18. The molecule has 0 radical (unpaired) electrons.